The number of amides is 2. The smallest absolute Gasteiger partial charge is 0.228 e. The summed E-state index contributed by atoms with van der Waals surface area (Å²) < 4.78 is 13.6. The molecule has 0 aromatic heterocycles. The number of piperidine rings is 1. The summed E-state index contributed by atoms with van der Waals surface area (Å²) in [6, 6.07) is 14.4. The van der Waals surface area contributed by atoms with Gasteiger partial charge in [-0.2, -0.15) is 0 Å². The van der Waals surface area contributed by atoms with Crippen LogP contribution in [0, 0.1) is 11.2 Å². The van der Waals surface area contributed by atoms with Crippen LogP contribution in [0.1, 0.15) is 38.2 Å². The van der Waals surface area contributed by atoms with Gasteiger partial charge in [0, 0.05) is 26.6 Å². The van der Waals surface area contributed by atoms with Crippen LogP contribution in [0.2, 0.25) is 0 Å². The first-order valence-electron chi connectivity index (χ1n) is 10.3. The van der Waals surface area contributed by atoms with Crippen molar-refractivity contribution >= 4 is 11.8 Å². The molecule has 1 unspecified atom stereocenters. The highest BCUT2D eigenvalue weighted by atomic mass is 19.1. The third-order valence-corrected chi connectivity index (χ3v) is 5.73. The topological polar surface area (TPSA) is 49.4 Å². The van der Waals surface area contributed by atoms with Gasteiger partial charge in [0.15, 0.2) is 0 Å². The molecule has 0 aliphatic carbocycles. The van der Waals surface area contributed by atoms with Gasteiger partial charge in [0.2, 0.25) is 11.8 Å². The molecule has 0 radical (unpaired) electrons. The maximum Gasteiger partial charge on any atom is 0.228 e. The lowest BCUT2D eigenvalue weighted by atomic mass is 9.74. The highest BCUT2D eigenvalue weighted by molar-refractivity contribution is 5.85. The number of nitrogens with zero attached hydrogens (tertiary/aromatic N) is 1. The lowest BCUT2D eigenvalue weighted by Gasteiger charge is -2.41. The van der Waals surface area contributed by atoms with Crippen LogP contribution in [-0.4, -0.2) is 36.9 Å². The molecule has 29 heavy (non-hydrogen) atoms. The number of halogens is 1. The molecule has 154 valence electrons. The third-order valence-electron chi connectivity index (χ3n) is 5.73. The zero-order valence-electron chi connectivity index (χ0n) is 17.2. The molecule has 0 saturated carbocycles. The van der Waals surface area contributed by atoms with E-state index in [1.165, 1.54) is 12.1 Å². The minimum atomic E-state index is -0.642. The number of hydrogen-bond donors (Lipinski definition) is 1. The van der Waals surface area contributed by atoms with Crippen LogP contribution in [0.5, 0.6) is 0 Å². The van der Waals surface area contributed by atoms with Gasteiger partial charge in [0.05, 0.1) is 5.41 Å². The predicted molar refractivity (Wildman–Crippen MR) is 113 cm³/mol. The molecule has 1 heterocycles. The van der Waals surface area contributed by atoms with Crippen molar-refractivity contribution in [2.24, 2.45) is 5.41 Å². The van der Waals surface area contributed by atoms with Crippen molar-refractivity contribution in [3.63, 3.8) is 0 Å². The molecule has 1 saturated heterocycles. The van der Waals surface area contributed by atoms with Crippen molar-refractivity contribution in [1.82, 2.24) is 10.2 Å². The van der Waals surface area contributed by atoms with Crippen LogP contribution in [0.4, 0.5) is 4.39 Å². The van der Waals surface area contributed by atoms with E-state index >= 15 is 0 Å². The molecule has 1 aliphatic heterocycles. The summed E-state index contributed by atoms with van der Waals surface area (Å²) in [5.74, 6) is -0.177. The van der Waals surface area contributed by atoms with Crippen molar-refractivity contribution in [2.75, 3.05) is 20.1 Å². The quantitative estimate of drug-likeness (QED) is 0.796. The Balaban J connectivity index is 1.88. The summed E-state index contributed by atoms with van der Waals surface area (Å²) in [6.07, 6.45) is 3.42. The van der Waals surface area contributed by atoms with Gasteiger partial charge < -0.3 is 10.2 Å². The van der Waals surface area contributed by atoms with Crippen LogP contribution < -0.4 is 5.32 Å². The Labute approximate surface area is 172 Å². The molecular formula is C24H29FN2O2. The zero-order chi connectivity index (χ0) is 20.9. The minimum absolute atomic E-state index is 0.0253. The largest absolute Gasteiger partial charge is 0.359 e. The Hall–Kier alpha value is -2.69. The van der Waals surface area contributed by atoms with E-state index in [9.17, 15) is 14.0 Å². The molecule has 5 heteroatoms. The second-order valence-electron chi connectivity index (χ2n) is 7.92. The molecular weight excluding hydrogens is 367 g/mol. The number of benzene rings is 2. The number of rotatable bonds is 6. The third kappa shape index (κ3) is 4.84. The highest BCUT2D eigenvalue weighted by Crippen LogP contribution is 2.35. The standard InChI is InChI=1S/C24H29FN2O2/c1-3-7-22(28)27-13-6-12-24(17-27,23(29)26-2)16-18-8-4-9-19(14-18)20-10-5-11-21(25)15-20/h4-5,8-11,14-15H,3,6-7,12-13,16-17H2,1-2H3,(H,26,29). The van der Waals surface area contributed by atoms with Crippen molar-refractivity contribution in [3.05, 3.63) is 59.9 Å². The van der Waals surface area contributed by atoms with Crippen molar-refractivity contribution < 1.29 is 14.0 Å². The van der Waals surface area contributed by atoms with Crippen LogP contribution in [-0.2, 0) is 16.0 Å². The summed E-state index contributed by atoms with van der Waals surface area (Å²) >= 11 is 0. The molecule has 1 fully saturated rings. The Bertz CT molecular complexity index is 883. The normalized spacial score (nSPS) is 19.1. The first-order chi connectivity index (χ1) is 14.0. The van der Waals surface area contributed by atoms with Gasteiger partial charge in [-0.1, -0.05) is 43.3 Å². The van der Waals surface area contributed by atoms with Crippen molar-refractivity contribution in [1.29, 1.82) is 0 Å². The average Bonchev–Trinajstić information content (AvgIpc) is 2.73. The fourth-order valence-corrected chi connectivity index (χ4v) is 4.31. The van der Waals surface area contributed by atoms with Crippen LogP contribution >= 0.6 is 0 Å². The van der Waals surface area contributed by atoms with E-state index in [1.54, 1.807) is 13.1 Å². The van der Waals surface area contributed by atoms with Gasteiger partial charge in [-0.25, -0.2) is 4.39 Å². The number of nitrogens with one attached hydrogen (secondary N) is 1. The van der Waals surface area contributed by atoms with E-state index < -0.39 is 5.41 Å². The molecule has 0 bridgehead atoms. The van der Waals surface area contributed by atoms with E-state index in [2.05, 4.69) is 5.32 Å². The molecule has 2 aromatic rings. The lowest BCUT2D eigenvalue weighted by molar-refractivity contribution is -0.141. The molecule has 0 spiro atoms. The zero-order valence-corrected chi connectivity index (χ0v) is 17.2. The number of carbonyl (C=O) groups is 2. The van der Waals surface area contributed by atoms with Crippen LogP contribution in [0.15, 0.2) is 48.5 Å². The Morgan fingerprint density at radius 3 is 2.55 bits per heavy atom. The lowest BCUT2D eigenvalue weighted by Crippen LogP contribution is -2.53. The summed E-state index contributed by atoms with van der Waals surface area (Å²) in [7, 11) is 1.65. The van der Waals surface area contributed by atoms with Gasteiger partial charge in [-0.15, -0.1) is 0 Å². The fraction of sp³-hybridized carbons (Fsp3) is 0.417. The van der Waals surface area contributed by atoms with Crippen LogP contribution in [0.25, 0.3) is 11.1 Å². The number of likely N-dealkylation sites (tertiary alicyclic amines) is 1. The van der Waals surface area contributed by atoms with Gasteiger partial charge in [-0.3, -0.25) is 9.59 Å². The fourth-order valence-electron chi connectivity index (χ4n) is 4.31. The summed E-state index contributed by atoms with van der Waals surface area (Å²) in [5.41, 5.74) is 2.10. The number of carbonyl (C=O) groups excluding carboxylic acids is 2. The van der Waals surface area contributed by atoms with E-state index in [1.807, 2.05) is 42.2 Å². The average molecular weight is 397 g/mol. The first-order valence-corrected chi connectivity index (χ1v) is 10.3. The monoisotopic (exact) mass is 396 g/mol. The Morgan fingerprint density at radius 2 is 1.86 bits per heavy atom. The maximum atomic E-state index is 13.6. The Morgan fingerprint density at radius 1 is 1.14 bits per heavy atom. The first kappa shape index (κ1) is 21.0. The molecule has 1 atom stereocenters. The van der Waals surface area contributed by atoms with Gasteiger partial charge in [0.1, 0.15) is 5.82 Å². The molecule has 3 rings (SSSR count). The summed E-state index contributed by atoms with van der Waals surface area (Å²) in [6.45, 7) is 3.14. The van der Waals surface area contributed by atoms with Gasteiger partial charge in [0.25, 0.3) is 0 Å². The van der Waals surface area contributed by atoms with E-state index in [0.29, 0.717) is 25.9 Å². The van der Waals surface area contributed by atoms with Crippen LogP contribution in [0.3, 0.4) is 0 Å². The molecule has 2 aromatic carbocycles. The predicted octanol–water partition coefficient (Wildman–Crippen LogP) is 4.19. The maximum absolute atomic E-state index is 13.6. The summed E-state index contributed by atoms with van der Waals surface area (Å²) in [5, 5.41) is 2.81. The second-order valence-corrected chi connectivity index (χ2v) is 7.92. The highest BCUT2D eigenvalue weighted by Gasteiger charge is 2.42. The van der Waals surface area contributed by atoms with E-state index in [0.717, 1.165) is 36.0 Å². The van der Waals surface area contributed by atoms with Gasteiger partial charge >= 0.3 is 0 Å². The molecule has 1 aliphatic rings. The van der Waals surface area contributed by atoms with Gasteiger partial charge in [-0.05, 0) is 54.5 Å². The van der Waals surface area contributed by atoms with E-state index in [-0.39, 0.29) is 17.6 Å². The number of hydrogen-bond acceptors (Lipinski definition) is 2. The molecule has 1 N–H and O–H groups in total. The Kier molecular flexibility index (Phi) is 6.68. The van der Waals surface area contributed by atoms with Crippen molar-refractivity contribution in [2.45, 2.75) is 39.0 Å². The van der Waals surface area contributed by atoms with Crippen molar-refractivity contribution in [3.8, 4) is 11.1 Å². The summed E-state index contributed by atoms with van der Waals surface area (Å²) in [4.78, 5) is 27.2. The SMILES string of the molecule is CCCC(=O)N1CCCC(Cc2cccc(-c3cccc(F)c3)c2)(C(=O)NC)C1. The minimum Gasteiger partial charge on any atom is -0.359 e. The van der Waals surface area contributed by atoms with E-state index in [4.69, 9.17) is 0 Å². The molecule has 2 amide bonds. The second kappa shape index (κ2) is 9.21. The molecule has 4 nitrogen and oxygen atoms in total.